The second-order valence-electron chi connectivity index (χ2n) is 6.92. The average Bonchev–Trinajstić information content (AvgIpc) is 2.76. The van der Waals surface area contributed by atoms with Crippen molar-refractivity contribution in [3.05, 3.63) is 24.5 Å². The largest absolute Gasteiger partial charge is 0.324 e. The summed E-state index contributed by atoms with van der Waals surface area (Å²) in [6.45, 7) is 1.22. The average molecular weight is 366 g/mol. The van der Waals surface area contributed by atoms with Gasteiger partial charge in [0.1, 0.15) is 0 Å². The van der Waals surface area contributed by atoms with Gasteiger partial charge < -0.3 is 10.2 Å². The summed E-state index contributed by atoms with van der Waals surface area (Å²) in [4.78, 5) is 18.2. The van der Waals surface area contributed by atoms with Crippen LogP contribution in [0.25, 0.3) is 0 Å². The van der Waals surface area contributed by atoms with Gasteiger partial charge in [-0.25, -0.2) is 13.2 Å². The van der Waals surface area contributed by atoms with Crippen molar-refractivity contribution in [2.75, 3.05) is 24.7 Å². The summed E-state index contributed by atoms with van der Waals surface area (Å²) in [5.74, 6) is 0. The first kappa shape index (κ1) is 18.1. The number of urea groups is 1. The topological polar surface area (TPSA) is 82.6 Å². The molecule has 1 aliphatic heterocycles. The minimum absolute atomic E-state index is 0.000903. The Kier molecular flexibility index (Phi) is 5.58. The van der Waals surface area contributed by atoms with Gasteiger partial charge in [0, 0.05) is 43.3 Å². The number of anilines is 1. The van der Waals surface area contributed by atoms with Crippen LogP contribution in [0.1, 0.15) is 38.5 Å². The number of sulfonamides is 1. The van der Waals surface area contributed by atoms with Gasteiger partial charge in [-0.3, -0.25) is 4.98 Å². The monoisotopic (exact) mass is 366 g/mol. The Morgan fingerprint density at radius 2 is 1.76 bits per heavy atom. The number of likely N-dealkylation sites (tertiary alicyclic amines) is 1. The molecule has 1 saturated heterocycles. The maximum atomic E-state index is 12.5. The zero-order valence-corrected chi connectivity index (χ0v) is 15.4. The van der Waals surface area contributed by atoms with Gasteiger partial charge in [-0.15, -0.1) is 0 Å². The molecule has 1 atom stereocenters. The summed E-state index contributed by atoms with van der Waals surface area (Å²) in [7, 11) is -3.22. The molecule has 0 bridgehead atoms. The van der Waals surface area contributed by atoms with Gasteiger partial charge in [0.25, 0.3) is 0 Å². The third-order valence-corrected chi connectivity index (χ3v) is 6.46. The molecule has 8 heteroatoms. The van der Waals surface area contributed by atoms with Gasteiger partial charge in [-0.05, 0) is 44.2 Å². The molecule has 25 heavy (non-hydrogen) atoms. The van der Waals surface area contributed by atoms with Crippen LogP contribution in [-0.4, -0.2) is 60.1 Å². The third kappa shape index (κ3) is 4.49. The number of carbonyl (C=O) groups is 1. The molecule has 0 radical (unpaired) electrons. The van der Waals surface area contributed by atoms with Gasteiger partial charge in [-0.2, -0.15) is 4.31 Å². The molecule has 0 spiro atoms. The van der Waals surface area contributed by atoms with E-state index in [9.17, 15) is 13.2 Å². The number of amides is 2. The van der Waals surface area contributed by atoms with Crippen molar-refractivity contribution < 1.29 is 13.2 Å². The van der Waals surface area contributed by atoms with Crippen LogP contribution in [-0.2, 0) is 10.0 Å². The normalized spacial score (nSPS) is 22.3. The number of rotatable bonds is 4. The molecule has 1 saturated carbocycles. The number of hydrogen-bond donors (Lipinski definition) is 1. The van der Waals surface area contributed by atoms with E-state index in [2.05, 4.69) is 10.3 Å². The second-order valence-corrected chi connectivity index (χ2v) is 8.80. The summed E-state index contributed by atoms with van der Waals surface area (Å²) in [6.07, 6.45) is 9.90. The highest BCUT2D eigenvalue weighted by Gasteiger charge is 2.37. The maximum Gasteiger partial charge on any atom is 0.321 e. The predicted octanol–water partition coefficient (Wildman–Crippen LogP) is 2.28. The van der Waals surface area contributed by atoms with Crippen molar-refractivity contribution in [3.63, 3.8) is 0 Å². The molecule has 2 aliphatic rings. The summed E-state index contributed by atoms with van der Waals surface area (Å²) in [5.41, 5.74) is 0.716. The van der Waals surface area contributed by atoms with E-state index in [0.29, 0.717) is 25.2 Å². The van der Waals surface area contributed by atoms with Crippen LogP contribution in [0.5, 0.6) is 0 Å². The van der Waals surface area contributed by atoms with Crippen LogP contribution < -0.4 is 5.32 Å². The van der Waals surface area contributed by atoms with Gasteiger partial charge in [0.05, 0.1) is 6.26 Å². The number of carbonyl (C=O) groups excluding carboxylic acids is 1. The standard InChI is InChI=1S/C17H26N4O3S/c1-25(23,24)21(15-4-2-5-15)16-6-3-12-20(13-9-16)17(22)19-14-7-10-18-11-8-14/h7-8,10-11,15-16H,2-6,9,12-13H2,1H3,(H,18,19,22). The molecule has 2 heterocycles. The fourth-order valence-corrected chi connectivity index (χ4v) is 5.16. The van der Waals surface area contributed by atoms with Crippen LogP contribution in [0.3, 0.4) is 0 Å². The van der Waals surface area contributed by atoms with Crippen molar-refractivity contribution in [1.82, 2.24) is 14.2 Å². The summed E-state index contributed by atoms with van der Waals surface area (Å²) >= 11 is 0. The second kappa shape index (κ2) is 7.70. The molecule has 1 aromatic rings. The number of pyridine rings is 1. The lowest BCUT2D eigenvalue weighted by molar-refractivity contribution is 0.162. The molecule has 138 valence electrons. The molecule has 1 unspecified atom stereocenters. The molecule has 1 aliphatic carbocycles. The molecule has 0 aromatic carbocycles. The SMILES string of the molecule is CS(=O)(=O)N(C1CCC1)C1CCCN(C(=O)Nc2ccncc2)CC1. The molecular formula is C17H26N4O3S. The Morgan fingerprint density at radius 1 is 1.12 bits per heavy atom. The maximum absolute atomic E-state index is 12.5. The Labute approximate surface area is 149 Å². The van der Waals surface area contributed by atoms with Gasteiger partial charge in [0.15, 0.2) is 0 Å². The fourth-order valence-electron chi connectivity index (χ4n) is 3.66. The van der Waals surface area contributed by atoms with Crippen LogP contribution in [0.15, 0.2) is 24.5 Å². The predicted molar refractivity (Wildman–Crippen MR) is 96.8 cm³/mol. The van der Waals surface area contributed by atoms with Crippen LogP contribution in [0.4, 0.5) is 10.5 Å². The molecule has 3 rings (SSSR count). The van der Waals surface area contributed by atoms with E-state index in [1.165, 1.54) is 6.26 Å². The Morgan fingerprint density at radius 3 is 2.36 bits per heavy atom. The molecule has 1 N–H and O–H groups in total. The van der Waals surface area contributed by atoms with Crippen molar-refractivity contribution in [3.8, 4) is 0 Å². The van der Waals surface area contributed by atoms with Gasteiger partial charge in [0.2, 0.25) is 10.0 Å². The fraction of sp³-hybridized carbons (Fsp3) is 0.647. The van der Waals surface area contributed by atoms with E-state index < -0.39 is 10.0 Å². The summed E-state index contributed by atoms with van der Waals surface area (Å²) < 4.78 is 26.2. The quantitative estimate of drug-likeness (QED) is 0.886. The highest BCUT2D eigenvalue weighted by Crippen LogP contribution is 2.32. The van der Waals surface area contributed by atoms with Gasteiger partial charge >= 0.3 is 6.03 Å². The van der Waals surface area contributed by atoms with Crippen molar-refractivity contribution in [2.45, 2.75) is 50.6 Å². The number of aromatic nitrogens is 1. The third-order valence-electron chi connectivity index (χ3n) is 5.09. The van der Waals surface area contributed by atoms with Crippen molar-refractivity contribution in [1.29, 1.82) is 0 Å². The molecule has 7 nitrogen and oxygen atoms in total. The zero-order chi connectivity index (χ0) is 17.9. The Bertz CT molecular complexity index is 691. The van der Waals surface area contributed by atoms with E-state index in [0.717, 1.165) is 32.1 Å². The molecule has 2 amide bonds. The highest BCUT2D eigenvalue weighted by atomic mass is 32.2. The highest BCUT2D eigenvalue weighted by molar-refractivity contribution is 7.88. The summed E-state index contributed by atoms with van der Waals surface area (Å²) in [5, 5.41) is 2.87. The Balaban J connectivity index is 1.62. The zero-order valence-electron chi connectivity index (χ0n) is 14.6. The number of nitrogens with zero attached hydrogens (tertiary/aromatic N) is 3. The lowest BCUT2D eigenvalue weighted by atomic mass is 9.91. The van der Waals surface area contributed by atoms with E-state index in [-0.39, 0.29) is 18.1 Å². The molecular weight excluding hydrogens is 340 g/mol. The van der Waals surface area contributed by atoms with Crippen molar-refractivity contribution in [2.24, 2.45) is 0 Å². The molecule has 1 aromatic heterocycles. The molecule has 2 fully saturated rings. The Hall–Kier alpha value is -1.67. The van der Waals surface area contributed by atoms with E-state index in [4.69, 9.17) is 0 Å². The number of nitrogens with one attached hydrogen (secondary N) is 1. The van der Waals surface area contributed by atoms with Crippen molar-refractivity contribution >= 4 is 21.7 Å². The number of hydrogen-bond acceptors (Lipinski definition) is 4. The summed E-state index contributed by atoms with van der Waals surface area (Å²) in [6, 6.07) is 3.51. The first-order chi connectivity index (χ1) is 11.9. The first-order valence-corrected chi connectivity index (χ1v) is 10.7. The smallest absolute Gasteiger partial charge is 0.321 e. The minimum Gasteiger partial charge on any atom is -0.324 e. The lowest BCUT2D eigenvalue weighted by Gasteiger charge is -2.40. The van der Waals surface area contributed by atoms with E-state index in [1.54, 1.807) is 33.7 Å². The van der Waals surface area contributed by atoms with E-state index in [1.807, 2.05) is 0 Å². The minimum atomic E-state index is -3.22. The van der Waals surface area contributed by atoms with E-state index >= 15 is 0 Å². The van der Waals surface area contributed by atoms with Gasteiger partial charge in [-0.1, -0.05) is 6.42 Å². The van der Waals surface area contributed by atoms with Crippen LogP contribution in [0.2, 0.25) is 0 Å². The first-order valence-electron chi connectivity index (χ1n) is 8.89. The lowest BCUT2D eigenvalue weighted by Crippen LogP contribution is -2.50. The van der Waals surface area contributed by atoms with Crippen LogP contribution in [0, 0.1) is 0 Å². The van der Waals surface area contributed by atoms with Crippen LogP contribution >= 0.6 is 0 Å².